The van der Waals surface area contributed by atoms with Crippen molar-refractivity contribution in [1.82, 2.24) is 14.9 Å². The Balaban J connectivity index is 0.000000194. The van der Waals surface area contributed by atoms with Gasteiger partial charge in [0.25, 0.3) is 0 Å². The van der Waals surface area contributed by atoms with Crippen molar-refractivity contribution >= 4 is 34.2 Å². The number of amides is 1. The highest BCUT2D eigenvalue weighted by molar-refractivity contribution is 5.86. The quantitative estimate of drug-likeness (QED) is 0.0723. The summed E-state index contributed by atoms with van der Waals surface area (Å²) < 4.78 is 22.2. The van der Waals surface area contributed by atoms with Crippen molar-refractivity contribution in [1.29, 1.82) is 0 Å². The minimum atomic E-state index is -0.649. The van der Waals surface area contributed by atoms with Gasteiger partial charge in [0.15, 0.2) is 11.5 Å². The van der Waals surface area contributed by atoms with Crippen LogP contribution in [0.15, 0.2) is 60.9 Å². The molecule has 5 aromatic rings. The van der Waals surface area contributed by atoms with E-state index in [0.717, 1.165) is 105 Å². The molecule has 3 aromatic carbocycles. The maximum atomic E-state index is 12.1. The Morgan fingerprint density at radius 1 is 0.640 bits per heavy atom. The molecule has 374 valence electrons. The molecule has 10 nitrogen and oxygen atoms in total. The Morgan fingerprint density at radius 3 is 1.55 bits per heavy atom. The molecule has 10 heteroatoms. The first kappa shape index (κ1) is 54.8. The molecule has 1 atom stereocenters. The van der Waals surface area contributed by atoms with Gasteiger partial charge in [-0.1, -0.05) is 5.92 Å². The molecular weight excluding hydrogens is 935 g/mol. The number of hydrogen-bond acceptors (Lipinski definition) is 6. The van der Waals surface area contributed by atoms with E-state index in [4.69, 9.17) is 30.5 Å². The number of carboxylic acid groups (broad SMARTS) is 1. The van der Waals surface area contributed by atoms with Gasteiger partial charge < -0.3 is 45.3 Å². The van der Waals surface area contributed by atoms with Crippen molar-refractivity contribution < 1.29 is 33.6 Å². The van der Waals surface area contributed by atoms with Crippen molar-refractivity contribution in [3.05, 3.63) is 89.6 Å². The van der Waals surface area contributed by atoms with E-state index in [2.05, 4.69) is 159 Å². The zero-order chi connectivity index (χ0) is 53.2. The molecule has 1 unspecified atom stereocenters. The number of nitrogens with one attached hydrogen (secondary N) is 2. The normalized spacial score (nSPS) is 17.3. The summed E-state index contributed by atoms with van der Waals surface area (Å²) in [6.07, 6.45) is 20.5. The number of fused-ring (bicyclic) bond motifs is 3. The Bertz CT molecular complexity index is 3500. The molecule has 0 bridgehead atoms. The molecule has 0 saturated heterocycles. The molecule has 2 saturated carbocycles. The van der Waals surface area contributed by atoms with Crippen molar-refractivity contribution in [2.75, 3.05) is 34.5 Å². The third-order valence-electron chi connectivity index (χ3n) is 13.4. The summed E-state index contributed by atoms with van der Waals surface area (Å²) in [4.78, 5) is 31.8. The number of nitrogens with zero attached hydrogens (tertiary/aromatic N) is 1. The van der Waals surface area contributed by atoms with Crippen LogP contribution < -0.4 is 18.9 Å². The maximum absolute atomic E-state index is 12.1. The number of aromatic nitrogens is 2. The highest BCUT2D eigenvalue weighted by Crippen LogP contribution is 2.48. The van der Waals surface area contributed by atoms with Gasteiger partial charge in [0.05, 0.1) is 39.9 Å². The van der Waals surface area contributed by atoms with Gasteiger partial charge in [-0.25, -0.2) is 5.92 Å². The highest BCUT2D eigenvalue weighted by Gasteiger charge is 2.37. The van der Waals surface area contributed by atoms with Crippen LogP contribution in [0.25, 0.3) is 21.8 Å². The number of H-pyrrole nitrogens is 2. The number of carbonyl (C=O) groups excluding carboxylic acids is 1. The van der Waals surface area contributed by atoms with Crippen LogP contribution in [0.5, 0.6) is 23.0 Å². The lowest BCUT2D eigenvalue weighted by atomic mass is 9.72. The summed E-state index contributed by atoms with van der Waals surface area (Å²) >= 11 is 0. The van der Waals surface area contributed by atoms with Crippen LogP contribution >= 0.6 is 0 Å². The first-order chi connectivity index (χ1) is 36.8. The summed E-state index contributed by atoms with van der Waals surface area (Å²) in [5, 5.41) is 11.5. The van der Waals surface area contributed by atoms with Crippen molar-refractivity contribution in [3.8, 4) is 135 Å². The summed E-state index contributed by atoms with van der Waals surface area (Å²) in [5.41, 5.74) is 7.44. The number of rotatable bonds is 10. The largest absolute Gasteiger partial charge is 0.497 e. The van der Waals surface area contributed by atoms with E-state index in [1.807, 2.05) is 35.9 Å². The van der Waals surface area contributed by atoms with Crippen LogP contribution in [0, 0.1) is 131 Å². The third-order valence-corrected chi connectivity index (χ3v) is 13.4. The second-order valence-corrected chi connectivity index (χ2v) is 17.5. The highest BCUT2D eigenvalue weighted by atomic mass is 16.5. The average molecular weight is 991 g/mol. The number of aromatic amines is 2. The second kappa shape index (κ2) is 29.1. The number of carboxylic acids is 1. The van der Waals surface area contributed by atoms with Gasteiger partial charge >= 0.3 is 5.97 Å². The summed E-state index contributed by atoms with van der Waals surface area (Å²) in [6.45, 7) is 5.01. The van der Waals surface area contributed by atoms with Gasteiger partial charge in [-0.3, -0.25) is 15.5 Å². The minimum Gasteiger partial charge on any atom is -0.497 e. The fourth-order valence-corrected chi connectivity index (χ4v) is 9.88. The first-order valence-corrected chi connectivity index (χ1v) is 24.7. The molecule has 2 aliphatic carbocycles. The van der Waals surface area contributed by atoms with Crippen molar-refractivity contribution in [3.63, 3.8) is 0 Å². The molecule has 1 amide bonds. The SMILES string of the molecule is CCOc1cc2c(cc1OC)CCN(C=O)C2C1CCC(c2c[nH]c3ccc(OC)cc23)CC1.COc1ccc2[nH]cc(C3CCC(C(=O)O)CC3)c2c1.[C-]#CC#CC#CC#CC#CC#CC#CC#CC#CC#CC. The van der Waals surface area contributed by atoms with E-state index in [-0.39, 0.29) is 12.0 Å². The first-order valence-electron chi connectivity index (χ1n) is 24.7. The van der Waals surface area contributed by atoms with Crippen LogP contribution in [-0.4, -0.2) is 66.8 Å². The molecule has 3 aliphatic rings. The lowest BCUT2D eigenvalue weighted by molar-refractivity contribution is -0.142. The number of carbonyl (C=O) groups is 2. The molecule has 3 N–H and O–H groups in total. The molecule has 0 radical (unpaired) electrons. The van der Waals surface area contributed by atoms with Crippen molar-refractivity contribution in [2.24, 2.45) is 11.8 Å². The van der Waals surface area contributed by atoms with Gasteiger partial charge in [0.2, 0.25) is 6.41 Å². The summed E-state index contributed by atoms with van der Waals surface area (Å²) in [5.74, 6) is 50.2. The standard InChI is InChI=1S/C28H34N2O4.C21H3.C16H19NO3/c1-4-34-27-15-22-20(13-26(27)33-3)11-12-30(17-31)28(22)19-7-5-18(6-8-19)24-16-29-25-10-9-21(32-2)14-23(24)25;1-3-5-7-9-11-13-15-17-19-21-20-18-16-14-12-10-8-6-4-2;1-20-12-6-7-15-13(8-12)14(9-17-15)10-2-4-11(5-3-10)16(18)19/h9-10,13-19,28-29H,4-8,11-12H2,1-3H3;1H3;6-11,17H,2-5H2,1H3,(H,18,19)/q;-1;. The van der Waals surface area contributed by atoms with Crippen LogP contribution in [-0.2, 0) is 16.0 Å². The Hall–Kier alpha value is -9.52. The maximum Gasteiger partial charge on any atom is 0.306 e. The number of benzene rings is 3. The van der Waals surface area contributed by atoms with Gasteiger partial charge in [0.1, 0.15) is 11.5 Å². The van der Waals surface area contributed by atoms with E-state index < -0.39 is 5.97 Å². The Morgan fingerprint density at radius 2 is 1.12 bits per heavy atom. The van der Waals surface area contributed by atoms with Crippen LogP contribution in [0.4, 0.5) is 0 Å². The number of methoxy groups -OCH3 is 3. The molecule has 1 aliphatic heterocycles. The van der Waals surface area contributed by atoms with Gasteiger partial charge in [0, 0.05) is 40.7 Å². The number of aliphatic carboxylic acids is 1. The lowest BCUT2D eigenvalue weighted by Crippen LogP contribution is -2.39. The molecule has 2 aromatic heterocycles. The van der Waals surface area contributed by atoms with Crippen LogP contribution in [0.3, 0.4) is 0 Å². The molecule has 3 heterocycles. The molecule has 8 rings (SSSR count). The number of ether oxygens (including phenoxy) is 4. The Labute approximate surface area is 441 Å². The zero-order valence-corrected chi connectivity index (χ0v) is 42.9. The van der Waals surface area contributed by atoms with Crippen LogP contribution in [0.1, 0.15) is 105 Å². The van der Waals surface area contributed by atoms with E-state index >= 15 is 0 Å². The third kappa shape index (κ3) is 15.2. The van der Waals surface area contributed by atoms with E-state index in [1.165, 1.54) is 33.0 Å². The average Bonchev–Trinajstić information content (AvgIpc) is 4.08. The topological polar surface area (TPSA) is 126 Å². The predicted molar refractivity (Wildman–Crippen MR) is 293 cm³/mol. The van der Waals surface area contributed by atoms with E-state index in [1.54, 1.807) is 28.3 Å². The summed E-state index contributed by atoms with van der Waals surface area (Å²) in [7, 11) is 5.07. The van der Waals surface area contributed by atoms with E-state index in [9.17, 15) is 9.59 Å². The molecular formula is C65H56N3O7-. The smallest absolute Gasteiger partial charge is 0.306 e. The van der Waals surface area contributed by atoms with E-state index in [0.29, 0.717) is 24.4 Å². The predicted octanol–water partition coefficient (Wildman–Crippen LogP) is 9.77. The Kier molecular flexibility index (Phi) is 21.3. The monoisotopic (exact) mass is 990 g/mol. The summed E-state index contributed by atoms with van der Waals surface area (Å²) in [6, 6.07) is 16.6. The van der Waals surface area contributed by atoms with Gasteiger partial charge in [-0.2, -0.15) is 0 Å². The fourth-order valence-electron chi connectivity index (χ4n) is 9.88. The molecule has 2 fully saturated rings. The zero-order valence-electron chi connectivity index (χ0n) is 42.9. The van der Waals surface area contributed by atoms with Gasteiger partial charge in [-0.15, -0.1) is 5.92 Å². The minimum absolute atomic E-state index is 0.0929. The molecule has 75 heavy (non-hydrogen) atoms. The number of hydrogen-bond donors (Lipinski definition) is 3. The fraction of sp³-hybridized carbons (Fsp3) is 0.323. The molecule has 0 spiro atoms. The van der Waals surface area contributed by atoms with Gasteiger partial charge in [-0.05, 0) is 249 Å². The van der Waals surface area contributed by atoms with Crippen molar-refractivity contribution in [2.45, 2.75) is 89.5 Å². The lowest BCUT2D eigenvalue weighted by Gasteiger charge is -2.42. The second-order valence-electron chi connectivity index (χ2n) is 17.5. The van der Waals surface area contributed by atoms with Crippen LogP contribution in [0.2, 0.25) is 0 Å².